The monoisotopic (exact) mass is 219 g/mol. The lowest BCUT2D eigenvalue weighted by Crippen LogP contribution is -2.26. The second-order valence-corrected chi connectivity index (χ2v) is 5.78. The number of hydrogen-bond acceptors (Lipinski definition) is 1. The first-order chi connectivity index (χ1) is 7.63. The third-order valence-electron chi connectivity index (χ3n) is 4.54. The number of fused-ring (bicyclic) bond motifs is 1. The second-order valence-electron chi connectivity index (χ2n) is 5.78. The molecule has 3 rings (SSSR count). The molecule has 0 N–H and O–H groups in total. The maximum absolute atomic E-state index is 6.05. The van der Waals surface area contributed by atoms with Crippen molar-refractivity contribution < 1.29 is 4.74 Å². The molecule has 0 spiro atoms. The molecule has 0 aromatic carbocycles. The van der Waals surface area contributed by atoms with Crippen LogP contribution in [0.4, 0.5) is 0 Å². The average Bonchev–Trinajstić information content (AvgIpc) is 2.83. The van der Waals surface area contributed by atoms with E-state index in [1.807, 2.05) is 0 Å². The number of nitrogens with zero attached hydrogens (tertiary/aromatic N) is 1. The predicted molar refractivity (Wildman–Crippen MR) is 64.1 cm³/mol. The minimum Gasteiger partial charge on any atom is -0.359 e. The van der Waals surface area contributed by atoms with Gasteiger partial charge in [-0.1, -0.05) is 13.8 Å². The van der Waals surface area contributed by atoms with Crippen molar-refractivity contribution in [1.82, 2.24) is 4.57 Å². The summed E-state index contributed by atoms with van der Waals surface area (Å²) in [6.45, 7) is 4.67. The summed E-state index contributed by atoms with van der Waals surface area (Å²) < 4.78 is 8.27. The van der Waals surface area contributed by atoms with E-state index in [9.17, 15) is 0 Å². The maximum atomic E-state index is 6.05. The molecule has 16 heavy (non-hydrogen) atoms. The molecule has 1 aliphatic carbocycles. The van der Waals surface area contributed by atoms with E-state index in [1.54, 1.807) is 0 Å². The molecule has 1 saturated carbocycles. The van der Waals surface area contributed by atoms with Crippen LogP contribution in [0.5, 0.6) is 0 Å². The van der Waals surface area contributed by atoms with Crippen LogP contribution in [0.25, 0.3) is 0 Å². The van der Waals surface area contributed by atoms with Crippen LogP contribution >= 0.6 is 0 Å². The van der Waals surface area contributed by atoms with Crippen molar-refractivity contribution in [2.45, 2.75) is 44.8 Å². The van der Waals surface area contributed by atoms with Crippen molar-refractivity contribution in [3.05, 3.63) is 24.0 Å². The summed E-state index contributed by atoms with van der Waals surface area (Å²) in [5.74, 6) is 1.66. The fourth-order valence-electron chi connectivity index (χ4n) is 3.33. The normalized spacial score (nSPS) is 37.5. The number of aromatic nitrogens is 1. The van der Waals surface area contributed by atoms with Crippen LogP contribution in [-0.4, -0.2) is 10.7 Å². The minimum absolute atomic E-state index is 0.0869. The highest BCUT2D eigenvalue weighted by Crippen LogP contribution is 2.57. The topological polar surface area (TPSA) is 17.5 Å². The van der Waals surface area contributed by atoms with Gasteiger partial charge in [0.05, 0.1) is 11.8 Å². The Hall–Kier alpha value is -0.760. The third kappa shape index (κ3) is 1.36. The summed E-state index contributed by atoms with van der Waals surface area (Å²) in [4.78, 5) is 0. The Morgan fingerprint density at radius 3 is 2.88 bits per heavy atom. The summed E-state index contributed by atoms with van der Waals surface area (Å²) in [7, 11) is 2.12. The maximum Gasteiger partial charge on any atom is 0.134 e. The first-order valence-corrected chi connectivity index (χ1v) is 6.43. The van der Waals surface area contributed by atoms with Gasteiger partial charge in [-0.3, -0.25) is 0 Å². The van der Waals surface area contributed by atoms with Gasteiger partial charge in [-0.2, -0.15) is 0 Å². The first-order valence-electron chi connectivity index (χ1n) is 6.43. The number of ether oxygens (including phenoxy) is 1. The minimum atomic E-state index is 0.0869. The molecule has 1 aromatic heterocycles. The smallest absolute Gasteiger partial charge is 0.134 e. The molecule has 0 bridgehead atoms. The van der Waals surface area contributed by atoms with Crippen molar-refractivity contribution in [1.29, 1.82) is 0 Å². The molecule has 2 nitrogen and oxygen atoms in total. The number of hydrogen-bond donors (Lipinski definition) is 0. The fourth-order valence-corrected chi connectivity index (χ4v) is 3.33. The second kappa shape index (κ2) is 3.36. The first kappa shape index (κ1) is 10.4. The summed E-state index contributed by atoms with van der Waals surface area (Å²) in [6, 6.07) is 4.34. The van der Waals surface area contributed by atoms with Gasteiger partial charge in [-0.25, -0.2) is 0 Å². The molecule has 2 aliphatic rings. The summed E-state index contributed by atoms with van der Waals surface area (Å²) >= 11 is 0. The van der Waals surface area contributed by atoms with Crippen LogP contribution in [0.1, 0.15) is 38.8 Å². The molecule has 1 saturated heterocycles. The Morgan fingerprint density at radius 1 is 1.50 bits per heavy atom. The van der Waals surface area contributed by atoms with Crippen molar-refractivity contribution in [2.75, 3.05) is 0 Å². The molecular weight excluding hydrogens is 198 g/mol. The number of aryl methyl sites for hydroxylation is 1. The van der Waals surface area contributed by atoms with Gasteiger partial charge in [-0.05, 0) is 43.2 Å². The zero-order valence-corrected chi connectivity index (χ0v) is 10.4. The molecular formula is C14H21NO. The van der Waals surface area contributed by atoms with E-state index in [4.69, 9.17) is 4.74 Å². The lowest BCUT2D eigenvalue weighted by molar-refractivity contribution is 0.256. The summed E-state index contributed by atoms with van der Waals surface area (Å²) in [5, 5.41) is 0. The zero-order valence-electron chi connectivity index (χ0n) is 10.4. The Kier molecular flexibility index (Phi) is 2.19. The molecule has 1 aromatic rings. The SMILES string of the molecule is CC(C)[C@@H]1CC[C@@]2(c3cccn3C)O[C@@H]2C1. The Bertz CT molecular complexity index is 395. The lowest BCUT2D eigenvalue weighted by Gasteiger charge is -2.27. The largest absolute Gasteiger partial charge is 0.359 e. The van der Waals surface area contributed by atoms with Crippen molar-refractivity contribution in [2.24, 2.45) is 18.9 Å². The van der Waals surface area contributed by atoms with Gasteiger partial charge < -0.3 is 9.30 Å². The van der Waals surface area contributed by atoms with Crippen LogP contribution in [0.3, 0.4) is 0 Å². The van der Waals surface area contributed by atoms with Gasteiger partial charge >= 0.3 is 0 Å². The van der Waals surface area contributed by atoms with Crippen LogP contribution in [0, 0.1) is 11.8 Å². The van der Waals surface area contributed by atoms with Gasteiger partial charge in [0.1, 0.15) is 5.60 Å². The molecule has 2 heterocycles. The van der Waals surface area contributed by atoms with Gasteiger partial charge in [0.25, 0.3) is 0 Å². The quantitative estimate of drug-likeness (QED) is 0.699. The summed E-state index contributed by atoms with van der Waals surface area (Å²) in [5.41, 5.74) is 1.46. The van der Waals surface area contributed by atoms with Crippen LogP contribution < -0.4 is 0 Å². The molecule has 88 valence electrons. The highest BCUT2D eigenvalue weighted by atomic mass is 16.6. The molecule has 0 amide bonds. The van der Waals surface area contributed by atoms with E-state index in [1.165, 1.54) is 25.0 Å². The van der Waals surface area contributed by atoms with Crippen molar-refractivity contribution in [3.8, 4) is 0 Å². The van der Waals surface area contributed by atoms with E-state index in [2.05, 4.69) is 43.8 Å². The molecule has 3 atom stereocenters. The third-order valence-corrected chi connectivity index (χ3v) is 4.54. The lowest BCUT2D eigenvalue weighted by atomic mass is 9.76. The standard InChI is InChI=1S/C14H21NO/c1-10(2)11-6-7-14(13(9-11)16-14)12-5-4-8-15(12)3/h4-5,8,10-11,13H,6-7,9H2,1-3H3/t11-,13-,14+/m1/s1. The number of rotatable bonds is 2. The van der Waals surface area contributed by atoms with Gasteiger partial charge in [-0.15, -0.1) is 0 Å². The highest BCUT2D eigenvalue weighted by molar-refractivity contribution is 5.25. The van der Waals surface area contributed by atoms with Crippen molar-refractivity contribution in [3.63, 3.8) is 0 Å². The Balaban J connectivity index is 1.79. The number of epoxide rings is 1. The molecule has 2 heteroatoms. The predicted octanol–water partition coefficient (Wildman–Crippen LogP) is 3.08. The van der Waals surface area contributed by atoms with Crippen LogP contribution in [0.2, 0.25) is 0 Å². The van der Waals surface area contributed by atoms with E-state index in [-0.39, 0.29) is 5.60 Å². The van der Waals surface area contributed by atoms with E-state index in [0.717, 1.165) is 11.8 Å². The molecule has 2 fully saturated rings. The van der Waals surface area contributed by atoms with Gasteiger partial charge in [0.15, 0.2) is 0 Å². The van der Waals surface area contributed by atoms with Crippen LogP contribution in [-0.2, 0) is 17.4 Å². The fraction of sp³-hybridized carbons (Fsp3) is 0.714. The Morgan fingerprint density at radius 2 is 2.31 bits per heavy atom. The molecule has 1 aliphatic heterocycles. The molecule has 0 radical (unpaired) electrons. The van der Waals surface area contributed by atoms with Crippen LogP contribution in [0.15, 0.2) is 18.3 Å². The van der Waals surface area contributed by atoms with E-state index in [0.29, 0.717) is 6.10 Å². The summed E-state index contributed by atoms with van der Waals surface area (Å²) in [6.07, 6.45) is 6.39. The van der Waals surface area contributed by atoms with Crippen molar-refractivity contribution >= 4 is 0 Å². The van der Waals surface area contributed by atoms with Gasteiger partial charge in [0, 0.05) is 13.2 Å². The van der Waals surface area contributed by atoms with E-state index < -0.39 is 0 Å². The highest BCUT2D eigenvalue weighted by Gasteiger charge is 2.61. The van der Waals surface area contributed by atoms with E-state index >= 15 is 0 Å². The Labute approximate surface area is 97.6 Å². The van der Waals surface area contributed by atoms with Gasteiger partial charge in [0.2, 0.25) is 0 Å². The average molecular weight is 219 g/mol. The molecule has 0 unspecified atom stereocenters. The zero-order chi connectivity index (χ0) is 11.3.